The lowest BCUT2D eigenvalue weighted by Crippen LogP contribution is -2.70. The number of nitrogens with two attached hydrogens (primary N) is 1. The van der Waals surface area contributed by atoms with Crippen molar-refractivity contribution in [2.75, 3.05) is 5.32 Å². The molecular weight excluding hydrogens is 703 g/mol. The van der Waals surface area contributed by atoms with Crippen LogP contribution in [0.3, 0.4) is 0 Å². The molecule has 6 rings (SSSR count). The standard InChI is InChI=1S/C36H41N9O7S/c1-35(2,3)51-34(49)42-33-40-26(21-53-33)28(31(47)41-27-25(39-30(27)46)20-45-38-19-24(18-37)43-45)44-52-36(16-10-11-17-36)32(48)50-29(22-12-6-4-7-13-22)23-14-8-5-9-15-23/h4-9,12-15,19,21,25,27,29H,10-11,16-18,20,37H2,1-3H3,(H,39,46)(H,41,47)(H,40,42,49)/b44-28-/t25-,27+/m1/s1. The van der Waals surface area contributed by atoms with Gasteiger partial charge < -0.3 is 30.7 Å². The number of carbonyl (C=O) groups excluding carboxylic acids is 4. The summed E-state index contributed by atoms with van der Waals surface area (Å²) < 4.78 is 11.5. The summed E-state index contributed by atoms with van der Waals surface area (Å²) >= 11 is 1.02. The average Bonchev–Trinajstić information content (AvgIpc) is 3.92. The van der Waals surface area contributed by atoms with E-state index in [-0.39, 0.29) is 42.5 Å². The van der Waals surface area contributed by atoms with E-state index in [0.717, 1.165) is 22.5 Å². The highest BCUT2D eigenvalue weighted by molar-refractivity contribution is 7.14. The monoisotopic (exact) mass is 743 g/mol. The Morgan fingerprint density at radius 1 is 1.08 bits per heavy atom. The molecule has 0 bridgehead atoms. The highest BCUT2D eigenvalue weighted by Gasteiger charge is 2.48. The van der Waals surface area contributed by atoms with Crippen molar-refractivity contribution in [2.45, 2.75) is 88.9 Å². The van der Waals surface area contributed by atoms with E-state index in [1.807, 2.05) is 60.7 Å². The van der Waals surface area contributed by atoms with E-state index in [4.69, 9.17) is 20.0 Å². The molecule has 3 amide bonds. The third-order valence-electron chi connectivity index (χ3n) is 8.55. The summed E-state index contributed by atoms with van der Waals surface area (Å²) in [6, 6.07) is 17.2. The van der Waals surface area contributed by atoms with Gasteiger partial charge in [0.2, 0.25) is 11.5 Å². The van der Waals surface area contributed by atoms with Crippen molar-refractivity contribution in [1.82, 2.24) is 30.6 Å². The van der Waals surface area contributed by atoms with E-state index in [0.29, 0.717) is 18.5 Å². The lowest BCUT2D eigenvalue weighted by atomic mass is 9.98. The molecule has 2 atom stereocenters. The van der Waals surface area contributed by atoms with Crippen LogP contribution in [0, 0.1) is 0 Å². The van der Waals surface area contributed by atoms with Gasteiger partial charge in [-0.3, -0.25) is 14.9 Å². The highest BCUT2D eigenvalue weighted by atomic mass is 32.1. The molecule has 1 aliphatic heterocycles. The van der Waals surface area contributed by atoms with Crippen LogP contribution in [0.25, 0.3) is 0 Å². The number of ether oxygens (including phenoxy) is 2. The number of amides is 3. The van der Waals surface area contributed by atoms with Crippen LogP contribution in [0.2, 0.25) is 0 Å². The molecule has 53 heavy (non-hydrogen) atoms. The Morgan fingerprint density at radius 2 is 1.74 bits per heavy atom. The predicted molar refractivity (Wildman–Crippen MR) is 193 cm³/mol. The van der Waals surface area contributed by atoms with Crippen LogP contribution >= 0.6 is 11.3 Å². The topological polar surface area (TPSA) is 214 Å². The van der Waals surface area contributed by atoms with Crippen LogP contribution in [0.1, 0.15) is 75.1 Å². The minimum absolute atomic E-state index is 0.0316. The second-order valence-electron chi connectivity index (χ2n) is 13.7. The first-order valence-corrected chi connectivity index (χ1v) is 18.0. The summed E-state index contributed by atoms with van der Waals surface area (Å²) in [5.41, 5.74) is 5.21. The number of anilines is 1. The number of oxime groups is 1. The molecular formula is C36H41N9O7S. The van der Waals surface area contributed by atoms with Crippen molar-refractivity contribution in [2.24, 2.45) is 10.9 Å². The Bertz CT molecular complexity index is 1910. The summed E-state index contributed by atoms with van der Waals surface area (Å²) in [6.07, 6.45) is 1.95. The molecule has 0 spiro atoms. The van der Waals surface area contributed by atoms with Gasteiger partial charge in [-0.2, -0.15) is 15.0 Å². The number of thiazole rings is 1. The Morgan fingerprint density at radius 3 is 2.32 bits per heavy atom. The number of nitrogens with zero attached hydrogens (tertiary/aromatic N) is 5. The van der Waals surface area contributed by atoms with Crippen molar-refractivity contribution in [3.05, 3.63) is 94.8 Å². The van der Waals surface area contributed by atoms with E-state index in [2.05, 4.69) is 36.3 Å². The normalized spacial score (nSPS) is 18.1. The van der Waals surface area contributed by atoms with Gasteiger partial charge in [0.1, 0.15) is 17.3 Å². The van der Waals surface area contributed by atoms with E-state index >= 15 is 0 Å². The van der Waals surface area contributed by atoms with Gasteiger partial charge in [0, 0.05) is 24.8 Å². The second-order valence-corrected chi connectivity index (χ2v) is 14.5. The van der Waals surface area contributed by atoms with Gasteiger partial charge in [0.05, 0.1) is 24.5 Å². The van der Waals surface area contributed by atoms with Gasteiger partial charge in [-0.15, -0.1) is 11.3 Å². The number of hydrogen-bond acceptors (Lipinski definition) is 13. The number of β-lactam (4-membered cyclic amide) rings is 1. The molecule has 5 N–H and O–H groups in total. The molecule has 1 saturated carbocycles. The van der Waals surface area contributed by atoms with Crippen LogP contribution < -0.4 is 21.7 Å². The summed E-state index contributed by atoms with van der Waals surface area (Å²) in [5, 5.41) is 22.3. The summed E-state index contributed by atoms with van der Waals surface area (Å²) in [6.45, 7) is 5.54. The molecule has 17 heteroatoms. The Labute approximate surface area is 309 Å². The first-order valence-electron chi connectivity index (χ1n) is 17.2. The molecule has 1 saturated heterocycles. The molecule has 3 heterocycles. The fourth-order valence-corrected chi connectivity index (χ4v) is 6.59. The molecule has 278 valence electrons. The largest absolute Gasteiger partial charge is 0.450 e. The van der Waals surface area contributed by atoms with Gasteiger partial charge in [-0.05, 0) is 44.7 Å². The maximum atomic E-state index is 14.1. The number of aromatic nitrogens is 4. The highest BCUT2D eigenvalue weighted by Crippen LogP contribution is 2.38. The molecule has 1 aliphatic carbocycles. The number of hydrogen-bond donors (Lipinski definition) is 4. The number of esters is 1. The molecule has 16 nitrogen and oxygen atoms in total. The van der Waals surface area contributed by atoms with Gasteiger partial charge in [0.15, 0.2) is 16.9 Å². The third-order valence-corrected chi connectivity index (χ3v) is 9.30. The fourth-order valence-electron chi connectivity index (χ4n) is 5.91. The minimum Gasteiger partial charge on any atom is -0.450 e. The van der Waals surface area contributed by atoms with E-state index < -0.39 is 53.3 Å². The van der Waals surface area contributed by atoms with Crippen molar-refractivity contribution in [3.8, 4) is 0 Å². The van der Waals surface area contributed by atoms with Gasteiger partial charge in [-0.1, -0.05) is 65.8 Å². The summed E-state index contributed by atoms with van der Waals surface area (Å²) in [4.78, 5) is 65.1. The lowest BCUT2D eigenvalue weighted by molar-refractivity contribution is -0.176. The number of nitrogens with one attached hydrogen (secondary N) is 3. The Hall–Kier alpha value is -5.68. The van der Waals surface area contributed by atoms with E-state index in [1.165, 1.54) is 16.4 Å². The van der Waals surface area contributed by atoms with Gasteiger partial charge in [0.25, 0.3) is 5.91 Å². The van der Waals surface area contributed by atoms with Gasteiger partial charge >= 0.3 is 12.1 Å². The smallest absolute Gasteiger partial charge is 0.413 e. The quantitative estimate of drug-likeness (QED) is 0.0672. The Balaban J connectivity index is 1.27. The summed E-state index contributed by atoms with van der Waals surface area (Å²) in [7, 11) is 0. The predicted octanol–water partition coefficient (Wildman–Crippen LogP) is 3.59. The molecule has 0 radical (unpaired) electrons. The number of rotatable bonds is 13. The first-order chi connectivity index (χ1) is 25.4. The van der Waals surface area contributed by atoms with Crippen molar-refractivity contribution < 1.29 is 33.5 Å². The number of carbonyl (C=O) groups is 4. The maximum absolute atomic E-state index is 14.1. The first kappa shape index (κ1) is 37.1. The van der Waals surface area contributed by atoms with E-state index in [9.17, 15) is 19.2 Å². The van der Waals surface area contributed by atoms with Crippen LogP contribution in [0.15, 0.2) is 77.4 Å². The Kier molecular flexibility index (Phi) is 11.1. The lowest BCUT2D eigenvalue weighted by Gasteiger charge is -2.36. The zero-order valence-corrected chi connectivity index (χ0v) is 30.3. The molecule has 0 unspecified atom stereocenters. The summed E-state index contributed by atoms with van der Waals surface area (Å²) in [5.74, 6) is -1.86. The van der Waals surface area contributed by atoms with Crippen molar-refractivity contribution in [3.63, 3.8) is 0 Å². The minimum atomic E-state index is -1.51. The van der Waals surface area contributed by atoms with Crippen LogP contribution in [-0.4, -0.2) is 72.9 Å². The van der Waals surface area contributed by atoms with Crippen molar-refractivity contribution in [1.29, 1.82) is 0 Å². The second kappa shape index (κ2) is 15.9. The van der Waals surface area contributed by atoms with E-state index in [1.54, 1.807) is 20.8 Å². The SMILES string of the molecule is CC(C)(C)OC(=O)Nc1nc(/C(=N/OC2(C(=O)OC(c3ccccc3)c3ccccc3)CCCC2)C(=O)N[C@@H]2C(=O)N[C@@H]2Cn2ncc(CN)n2)cs1. The number of benzene rings is 2. The zero-order chi connectivity index (χ0) is 37.6. The van der Waals surface area contributed by atoms with Gasteiger partial charge in [-0.25, -0.2) is 14.6 Å². The molecule has 2 aromatic heterocycles. The van der Waals surface area contributed by atoms with Crippen LogP contribution in [-0.2, 0) is 41.8 Å². The van der Waals surface area contributed by atoms with Crippen LogP contribution in [0.4, 0.5) is 9.93 Å². The molecule has 2 aromatic carbocycles. The van der Waals surface area contributed by atoms with Crippen molar-refractivity contribution >= 4 is 46.1 Å². The third kappa shape index (κ3) is 9.04. The van der Waals surface area contributed by atoms with Crippen LogP contribution in [0.5, 0.6) is 0 Å². The zero-order valence-electron chi connectivity index (χ0n) is 29.5. The molecule has 2 aliphatic rings. The maximum Gasteiger partial charge on any atom is 0.413 e. The average molecular weight is 744 g/mol. The molecule has 2 fully saturated rings. The fraction of sp³-hybridized carbons (Fsp3) is 0.389. The molecule has 4 aromatic rings.